The molecule has 1 atom stereocenters. The van der Waals surface area contributed by atoms with Gasteiger partial charge in [-0.3, -0.25) is 0 Å². The number of aryl methyl sites for hydroxylation is 1. The average molecular weight is 401 g/mol. The van der Waals surface area contributed by atoms with Crippen molar-refractivity contribution in [2.45, 2.75) is 64.2 Å². The molecule has 1 unspecified atom stereocenters. The van der Waals surface area contributed by atoms with Gasteiger partial charge >= 0.3 is 7.12 Å². The van der Waals surface area contributed by atoms with Crippen LogP contribution in [0, 0.1) is 0 Å². The summed E-state index contributed by atoms with van der Waals surface area (Å²) in [5.41, 5.74) is 7.80. The second kappa shape index (κ2) is 7.08. The quantitative estimate of drug-likeness (QED) is 0.690. The van der Waals surface area contributed by atoms with Gasteiger partial charge in [-0.15, -0.1) is 0 Å². The number of likely N-dealkylation sites (N-methyl/N-ethyl adjacent to an activating group) is 1. The highest BCUT2D eigenvalue weighted by Crippen LogP contribution is 2.39. The van der Waals surface area contributed by atoms with Crippen LogP contribution in [0.5, 0.6) is 0 Å². The van der Waals surface area contributed by atoms with Crippen LogP contribution in [0.25, 0.3) is 6.08 Å². The van der Waals surface area contributed by atoms with E-state index in [1.165, 1.54) is 22.3 Å². The Morgan fingerprint density at radius 1 is 0.933 bits per heavy atom. The van der Waals surface area contributed by atoms with Crippen LogP contribution in [0.1, 0.15) is 62.3 Å². The van der Waals surface area contributed by atoms with Crippen molar-refractivity contribution >= 4 is 18.7 Å². The van der Waals surface area contributed by atoms with E-state index in [-0.39, 0.29) is 18.3 Å². The molecule has 0 amide bonds. The Kier molecular flexibility index (Phi) is 4.73. The fourth-order valence-electron chi connectivity index (χ4n) is 5.04. The van der Waals surface area contributed by atoms with Gasteiger partial charge in [-0.1, -0.05) is 54.1 Å². The Bertz CT molecular complexity index is 994. The van der Waals surface area contributed by atoms with Gasteiger partial charge in [0.25, 0.3) is 0 Å². The molecule has 4 heteroatoms. The van der Waals surface area contributed by atoms with Crippen molar-refractivity contribution in [2.75, 3.05) is 13.6 Å². The summed E-state index contributed by atoms with van der Waals surface area (Å²) in [7, 11) is 1.93. The highest BCUT2D eigenvalue weighted by atomic mass is 16.7. The molecule has 1 aliphatic carbocycles. The molecular formula is C26H32BNO2. The summed E-state index contributed by atoms with van der Waals surface area (Å²) in [6, 6.07) is 15.7. The van der Waals surface area contributed by atoms with E-state index in [4.69, 9.17) is 9.31 Å². The summed E-state index contributed by atoms with van der Waals surface area (Å²) in [6.07, 6.45) is 4.73. The number of hydrogen-bond acceptors (Lipinski definition) is 3. The monoisotopic (exact) mass is 401 g/mol. The predicted molar refractivity (Wildman–Crippen MR) is 124 cm³/mol. The van der Waals surface area contributed by atoms with Gasteiger partial charge in [0.1, 0.15) is 0 Å². The lowest BCUT2D eigenvalue weighted by molar-refractivity contribution is 0.00578. The molecule has 0 bridgehead atoms. The molecule has 2 aromatic rings. The highest BCUT2D eigenvalue weighted by molar-refractivity contribution is 6.62. The van der Waals surface area contributed by atoms with Gasteiger partial charge in [0.2, 0.25) is 0 Å². The SMILES string of the molecule is CN1Cc2cc(B3OC(C)(C)C(C)(C)O3)ccc2C(C2=Cc3ccccc3CC2)C1. The number of hydrogen-bond donors (Lipinski definition) is 0. The zero-order valence-corrected chi connectivity index (χ0v) is 18.9. The van der Waals surface area contributed by atoms with E-state index in [1.54, 1.807) is 5.57 Å². The summed E-state index contributed by atoms with van der Waals surface area (Å²) in [5.74, 6) is 0.458. The number of nitrogens with zero attached hydrogens (tertiary/aromatic N) is 1. The number of rotatable bonds is 2. The maximum Gasteiger partial charge on any atom is 0.494 e. The normalized spacial score (nSPS) is 24.9. The summed E-state index contributed by atoms with van der Waals surface area (Å²) >= 11 is 0. The van der Waals surface area contributed by atoms with E-state index in [9.17, 15) is 0 Å². The minimum atomic E-state index is -0.312. The zero-order chi connectivity index (χ0) is 21.1. The van der Waals surface area contributed by atoms with Crippen LogP contribution in [0.4, 0.5) is 0 Å². The Morgan fingerprint density at radius 2 is 1.67 bits per heavy atom. The first-order chi connectivity index (χ1) is 14.2. The molecule has 2 aromatic carbocycles. The number of fused-ring (bicyclic) bond motifs is 2. The fraction of sp³-hybridized carbons (Fsp3) is 0.462. The lowest BCUT2D eigenvalue weighted by atomic mass is 9.74. The lowest BCUT2D eigenvalue weighted by Gasteiger charge is -2.35. The van der Waals surface area contributed by atoms with Crippen molar-refractivity contribution in [3.63, 3.8) is 0 Å². The summed E-state index contributed by atoms with van der Waals surface area (Å²) in [5, 5.41) is 0. The molecule has 1 fully saturated rings. The second-order valence-corrected chi connectivity index (χ2v) is 10.2. The van der Waals surface area contributed by atoms with Crippen LogP contribution in [0.2, 0.25) is 0 Å². The highest BCUT2D eigenvalue weighted by Gasteiger charge is 2.51. The Morgan fingerprint density at radius 3 is 2.43 bits per heavy atom. The van der Waals surface area contributed by atoms with Gasteiger partial charge in [-0.25, -0.2) is 0 Å². The van der Waals surface area contributed by atoms with Crippen molar-refractivity contribution in [1.29, 1.82) is 0 Å². The van der Waals surface area contributed by atoms with Gasteiger partial charge in [0.15, 0.2) is 0 Å². The molecule has 0 N–H and O–H groups in total. The summed E-state index contributed by atoms with van der Waals surface area (Å²) < 4.78 is 12.6. The first-order valence-corrected chi connectivity index (χ1v) is 11.2. The van der Waals surface area contributed by atoms with Crippen LogP contribution < -0.4 is 5.46 Å². The Balaban J connectivity index is 1.48. The Labute approximate surface area is 181 Å². The maximum atomic E-state index is 6.30. The minimum Gasteiger partial charge on any atom is -0.399 e. The molecule has 2 heterocycles. The molecule has 0 radical (unpaired) electrons. The zero-order valence-electron chi connectivity index (χ0n) is 18.9. The third-order valence-electron chi connectivity index (χ3n) is 7.53. The maximum absolute atomic E-state index is 6.30. The van der Waals surface area contributed by atoms with Gasteiger partial charge in [0, 0.05) is 19.0 Å². The van der Waals surface area contributed by atoms with E-state index in [1.807, 2.05) is 0 Å². The largest absolute Gasteiger partial charge is 0.494 e. The van der Waals surface area contributed by atoms with Crippen molar-refractivity contribution in [1.82, 2.24) is 4.90 Å². The third-order valence-corrected chi connectivity index (χ3v) is 7.53. The molecule has 3 nitrogen and oxygen atoms in total. The summed E-state index contributed by atoms with van der Waals surface area (Å²) in [4.78, 5) is 2.45. The molecule has 3 aliphatic rings. The molecule has 156 valence electrons. The lowest BCUT2D eigenvalue weighted by Crippen LogP contribution is -2.41. The van der Waals surface area contributed by atoms with Gasteiger partial charge in [0.05, 0.1) is 11.2 Å². The molecule has 30 heavy (non-hydrogen) atoms. The third kappa shape index (κ3) is 3.35. The topological polar surface area (TPSA) is 21.7 Å². The van der Waals surface area contributed by atoms with Crippen LogP contribution in [-0.4, -0.2) is 36.8 Å². The molecule has 0 saturated carbocycles. The van der Waals surface area contributed by atoms with Crippen LogP contribution in [0.15, 0.2) is 48.0 Å². The smallest absolute Gasteiger partial charge is 0.399 e. The molecule has 2 aliphatic heterocycles. The van der Waals surface area contributed by atoms with E-state index < -0.39 is 0 Å². The molecule has 0 spiro atoms. The van der Waals surface area contributed by atoms with Gasteiger partial charge < -0.3 is 14.2 Å². The van der Waals surface area contributed by atoms with E-state index in [2.05, 4.69) is 88.2 Å². The molecule has 1 saturated heterocycles. The minimum absolute atomic E-state index is 0.299. The Hall–Kier alpha value is -1.88. The first-order valence-electron chi connectivity index (χ1n) is 11.2. The van der Waals surface area contributed by atoms with Crippen LogP contribution in [-0.2, 0) is 22.3 Å². The molecular weight excluding hydrogens is 369 g/mol. The standard InChI is InChI=1S/C26H32BNO2/c1-25(2)26(3,4)30-27(29-25)22-12-13-23-21(15-22)16-28(5)17-24(23)20-11-10-18-8-6-7-9-19(18)14-20/h6-9,12-15,24H,10-11,16-17H2,1-5H3. The van der Waals surface area contributed by atoms with E-state index in [0.29, 0.717) is 5.92 Å². The van der Waals surface area contributed by atoms with Gasteiger partial charge in [-0.05, 0) is 75.3 Å². The second-order valence-electron chi connectivity index (χ2n) is 10.2. The molecule has 0 aromatic heterocycles. The van der Waals surface area contributed by atoms with Crippen molar-refractivity contribution in [3.8, 4) is 0 Å². The van der Waals surface area contributed by atoms with Gasteiger partial charge in [-0.2, -0.15) is 0 Å². The molecule has 5 rings (SSSR count). The van der Waals surface area contributed by atoms with Crippen LogP contribution >= 0.6 is 0 Å². The first kappa shape index (κ1) is 20.1. The van der Waals surface area contributed by atoms with E-state index in [0.717, 1.165) is 31.4 Å². The summed E-state index contributed by atoms with van der Waals surface area (Å²) in [6.45, 7) is 10.5. The average Bonchev–Trinajstić information content (AvgIpc) is 2.93. The predicted octanol–water partition coefficient (Wildman–Crippen LogP) is 4.54. The van der Waals surface area contributed by atoms with Crippen molar-refractivity contribution in [2.24, 2.45) is 0 Å². The van der Waals surface area contributed by atoms with Crippen molar-refractivity contribution < 1.29 is 9.31 Å². The van der Waals surface area contributed by atoms with E-state index >= 15 is 0 Å². The number of benzene rings is 2. The fourth-order valence-corrected chi connectivity index (χ4v) is 5.04. The van der Waals surface area contributed by atoms with Crippen LogP contribution in [0.3, 0.4) is 0 Å². The van der Waals surface area contributed by atoms with Crippen molar-refractivity contribution in [3.05, 3.63) is 70.3 Å².